The lowest BCUT2D eigenvalue weighted by atomic mass is 10.0. The number of nitrogens with zero attached hydrogens (tertiary/aromatic N) is 4. The van der Waals surface area contributed by atoms with Crippen LogP contribution in [0.1, 0.15) is 37.9 Å². The summed E-state index contributed by atoms with van der Waals surface area (Å²) in [6.45, 7) is 0. The highest BCUT2D eigenvalue weighted by atomic mass is 35.5. The van der Waals surface area contributed by atoms with E-state index in [1.54, 1.807) is 12.4 Å². The molecule has 1 aliphatic carbocycles. The van der Waals surface area contributed by atoms with Gasteiger partial charge in [0.25, 0.3) is 0 Å². The van der Waals surface area contributed by atoms with Gasteiger partial charge in [0.1, 0.15) is 11.0 Å². The number of hydrogen-bond donors (Lipinski definition) is 0. The Bertz CT molecular complexity index is 516. The SMILES string of the molecule is Clc1cncc2nnc(CCC3CCCC3)n12. The standard InChI is InChI=1S/C12H15ClN4/c13-10-7-14-8-12-16-15-11(17(10)12)6-5-9-3-1-2-4-9/h7-9H,1-6H2. The van der Waals surface area contributed by atoms with Gasteiger partial charge in [-0.3, -0.25) is 9.38 Å². The van der Waals surface area contributed by atoms with Gasteiger partial charge in [0.15, 0.2) is 5.65 Å². The fraction of sp³-hybridized carbons (Fsp3) is 0.583. The normalized spacial score (nSPS) is 17.0. The Morgan fingerprint density at radius 3 is 2.88 bits per heavy atom. The quantitative estimate of drug-likeness (QED) is 0.841. The summed E-state index contributed by atoms with van der Waals surface area (Å²) in [4.78, 5) is 4.01. The third-order valence-electron chi connectivity index (χ3n) is 3.59. The first-order chi connectivity index (χ1) is 8.34. The topological polar surface area (TPSA) is 43.1 Å². The van der Waals surface area contributed by atoms with Crippen molar-refractivity contribution in [2.45, 2.75) is 38.5 Å². The smallest absolute Gasteiger partial charge is 0.180 e. The molecule has 0 N–H and O–H groups in total. The van der Waals surface area contributed by atoms with Crippen LogP contribution in [0.15, 0.2) is 12.4 Å². The maximum absolute atomic E-state index is 6.12. The molecule has 2 aromatic rings. The van der Waals surface area contributed by atoms with Gasteiger partial charge in [-0.15, -0.1) is 10.2 Å². The lowest BCUT2D eigenvalue weighted by Crippen LogP contribution is -2.01. The Hall–Kier alpha value is -1.16. The van der Waals surface area contributed by atoms with Crippen molar-refractivity contribution in [3.63, 3.8) is 0 Å². The zero-order valence-electron chi connectivity index (χ0n) is 9.64. The molecule has 3 rings (SSSR count). The zero-order chi connectivity index (χ0) is 11.7. The fourth-order valence-corrected chi connectivity index (χ4v) is 2.90. The molecule has 2 heterocycles. The van der Waals surface area contributed by atoms with E-state index >= 15 is 0 Å². The number of halogens is 1. The number of aryl methyl sites for hydroxylation is 1. The molecule has 0 amide bonds. The van der Waals surface area contributed by atoms with E-state index in [0.29, 0.717) is 5.15 Å². The van der Waals surface area contributed by atoms with Crippen LogP contribution in [0.3, 0.4) is 0 Å². The number of rotatable bonds is 3. The Kier molecular flexibility index (Phi) is 2.97. The fourth-order valence-electron chi connectivity index (χ4n) is 2.66. The lowest BCUT2D eigenvalue weighted by Gasteiger charge is -2.07. The first-order valence-electron chi connectivity index (χ1n) is 6.18. The minimum Gasteiger partial charge on any atom is -0.266 e. The van der Waals surface area contributed by atoms with Gasteiger partial charge in [-0.25, -0.2) is 0 Å². The van der Waals surface area contributed by atoms with Gasteiger partial charge >= 0.3 is 0 Å². The molecular formula is C12H15ClN4. The van der Waals surface area contributed by atoms with Crippen molar-refractivity contribution in [3.05, 3.63) is 23.4 Å². The summed E-state index contributed by atoms with van der Waals surface area (Å²) in [6.07, 6.45) is 11.0. The summed E-state index contributed by atoms with van der Waals surface area (Å²) in [5, 5.41) is 8.89. The minimum absolute atomic E-state index is 0.592. The zero-order valence-corrected chi connectivity index (χ0v) is 10.4. The van der Waals surface area contributed by atoms with E-state index in [2.05, 4.69) is 15.2 Å². The van der Waals surface area contributed by atoms with Crippen LogP contribution < -0.4 is 0 Å². The second-order valence-electron chi connectivity index (χ2n) is 4.73. The van der Waals surface area contributed by atoms with Crippen LogP contribution in [0, 0.1) is 5.92 Å². The van der Waals surface area contributed by atoms with Gasteiger partial charge in [-0.1, -0.05) is 37.3 Å². The minimum atomic E-state index is 0.592. The van der Waals surface area contributed by atoms with E-state index in [1.165, 1.54) is 32.1 Å². The first kappa shape index (κ1) is 11.0. The molecule has 0 saturated heterocycles. The Balaban J connectivity index is 1.80. The second-order valence-corrected chi connectivity index (χ2v) is 5.12. The predicted molar refractivity (Wildman–Crippen MR) is 66.1 cm³/mol. The van der Waals surface area contributed by atoms with E-state index in [4.69, 9.17) is 11.6 Å². The van der Waals surface area contributed by atoms with Crippen molar-refractivity contribution < 1.29 is 0 Å². The highest BCUT2D eigenvalue weighted by Crippen LogP contribution is 2.28. The van der Waals surface area contributed by atoms with Crippen LogP contribution in [0.2, 0.25) is 5.15 Å². The molecule has 0 spiro atoms. The molecule has 2 aromatic heterocycles. The van der Waals surface area contributed by atoms with Crippen molar-refractivity contribution in [3.8, 4) is 0 Å². The summed E-state index contributed by atoms with van der Waals surface area (Å²) in [6, 6.07) is 0. The van der Waals surface area contributed by atoms with Gasteiger partial charge in [0, 0.05) is 6.42 Å². The van der Waals surface area contributed by atoms with E-state index in [0.717, 1.165) is 23.8 Å². The molecule has 0 atom stereocenters. The highest BCUT2D eigenvalue weighted by molar-refractivity contribution is 6.29. The van der Waals surface area contributed by atoms with Crippen molar-refractivity contribution >= 4 is 17.2 Å². The van der Waals surface area contributed by atoms with Crippen molar-refractivity contribution in [1.82, 2.24) is 19.6 Å². The molecule has 0 aromatic carbocycles. The summed E-state index contributed by atoms with van der Waals surface area (Å²) >= 11 is 6.12. The van der Waals surface area contributed by atoms with E-state index in [9.17, 15) is 0 Å². The molecule has 1 saturated carbocycles. The van der Waals surface area contributed by atoms with Crippen molar-refractivity contribution in [1.29, 1.82) is 0 Å². The molecule has 4 nitrogen and oxygen atoms in total. The molecule has 0 radical (unpaired) electrons. The third-order valence-corrected chi connectivity index (χ3v) is 3.86. The predicted octanol–water partition coefficient (Wildman–Crippen LogP) is 2.90. The molecular weight excluding hydrogens is 236 g/mol. The summed E-state index contributed by atoms with van der Waals surface area (Å²) in [7, 11) is 0. The van der Waals surface area contributed by atoms with Gasteiger partial charge in [0.2, 0.25) is 0 Å². The van der Waals surface area contributed by atoms with Crippen molar-refractivity contribution in [2.24, 2.45) is 5.92 Å². The summed E-state index contributed by atoms with van der Waals surface area (Å²) in [5.74, 6) is 1.82. The molecule has 0 aliphatic heterocycles. The highest BCUT2D eigenvalue weighted by Gasteiger charge is 2.16. The van der Waals surface area contributed by atoms with Crippen LogP contribution >= 0.6 is 11.6 Å². The van der Waals surface area contributed by atoms with Crippen LogP contribution in [-0.4, -0.2) is 19.6 Å². The molecule has 0 unspecified atom stereocenters. The van der Waals surface area contributed by atoms with Crippen LogP contribution in [0.4, 0.5) is 0 Å². The van der Waals surface area contributed by atoms with E-state index < -0.39 is 0 Å². The van der Waals surface area contributed by atoms with E-state index in [-0.39, 0.29) is 0 Å². The summed E-state index contributed by atoms with van der Waals surface area (Å²) in [5.41, 5.74) is 0.735. The number of hydrogen-bond acceptors (Lipinski definition) is 3. The molecule has 5 heteroatoms. The molecule has 0 bridgehead atoms. The largest absolute Gasteiger partial charge is 0.266 e. The van der Waals surface area contributed by atoms with Crippen molar-refractivity contribution in [2.75, 3.05) is 0 Å². The van der Waals surface area contributed by atoms with Crippen LogP contribution in [0.25, 0.3) is 5.65 Å². The maximum Gasteiger partial charge on any atom is 0.180 e. The third kappa shape index (κ3) is 2.14. The van der Waals surface area contributed by atoms with Gasteiger partial charge in [0.05, 0.1) is 12.4 Å². The maximum atomic E-state index is 6.12. The molecule has 1 aliphatic rings. The van der Waals surface area contributed by atoms with Gasteiger partial charge in [-0.05, 0) is 12.3 Å². The number of fused-ring (bicyclic) bond motifs is 1. The Morgan fingerprint density at radius 1 is 1.24 bits per heavy atom. The Morgan fingerprint density at radius 2 is 2.06 bits per heavy atom. The molecule has 90 valence electrons. The average Bonchev–Trinajstić information content (AvgIpc) is 2.95. The number of aromatic nitrogens is 4. The van der Waals surface area contributed by atoms with Crippen LogP contribution in [-0.2, 0) is 6.42 Å². The molecule has 1 fully saturated rings. The van der Waals surface area contributed by atoms with E-state index in [1.807, 2.05) is 4.40 Å². The monoisotopic (exact) mass is 250 g/mol. The average molecular weight is 251 g/mol. The lowest BCUT2D eigenvalue weighted by molar-refractivity contribution is 0.496. The Labute approximate surface area is 105 Å². The van der Waals surface area contributed by atoms with Gasteiger partial charge < -0.3 is 0 Å². The molecule has 17 heavy (non-hydrogen) atoms. The first-order valence-corrected chi connectivity index (χ1v) is 6.56. The summed E-state index contributed by atoms with van der Waals surface area (Å²) < 4.78 is 1.89. The second kappa shape index (κ2) is 4.61. The van der Waals surface area contributed by atoms with Gasteiger partial charge in [-0.2, -0.15) is 0 Å². The van der Waals surface area contributed by atoms with Crippen LogP contribution in [0.5, 0.6) is 0 Å².